The first-order valence-electron chi connectivity index (χ1n) is 10.8. The van der Waals surface area contributed by atoms with E-state index in [1.54, 1.807) is 12.1 Å². The lowest BCUT2D eigenvalue weighted by molar-refractivity contribution is -0.119. The second-order valence-corrected chi connectivity index (χ2v) is 9.86. The number of nitrogens with zero attached hydrogens (tertiary/aromatic N) is 1. The Hall–Kier alpha value is -2.78. The molecule has 0 fully saturated rings. The summed E-state index contributed by atoms with van der Waals surface area (Å²) in [6, 6.07) is 9.79. The Morgan fingerprint density at radius 2 is 1.64 bits per heavy atom. The van der Waals surface area contributed by atoms with Crippen molar-refractivity contribution in [2.45, 2.75) is 45.1 Å². The van der Waals surface area contributed by atoms with Gasteiger partial charge in [-0.3, -0.25) is 9.10 Å². The maximum absolute atomic E-state index is 13.6. The minimum Gasteiger partial charge on any atom is -0.493 e. The number of rotatable bonds is 12. The van der Waals surface area contributed by atoms with Crippen molar-refractivity contribution in [2.24, 2.45) is 0 Å². The number of nitrogens with one attached hydrogen (secondary N) is 1. The van der Waals surface area contributed by atoms with Gasteiger partial charge in [-0.05, 0) is 69.5 Å². The molecule has 0 unspecified atom stereocenters. The molecule has 0 aliphatic rings. The summed E-state index contributed by atoms with van der Waals surface area (Å²) in [6.45, 7) is 8.20. The van der Waals surface area contributed by atoms with Gasteiger partial charge in [-0.15, -0.1) is 0 Å². The zero-order chi connectivity index (χ0) is 24.6. The van der Waals surface area contributed by atoms with Gasteiger partial charge >= 0.3 is 0 Å². The van der Waals surface area contributed by atoms with Crippen LogP contribution >= 0.6 is 0 Å². The van der Waals surface area contributed by atoms with Crippen molar-refractivity contribution < 1.29 is 27.4 Å². The third-order valence-corrected chi connectivity index (χ3v) is 6.59. The van der Waals surface area contributed by atoms with Crippen molar-refractivity contribution in [1.82, 2.24) is 5.32 Å². The van der Waals surface area contributed by atoms with E-state index in [9.17, 15) is 13.2 Å². The summed E-state index contributed by atoms with van der Waals surface area (Å²) in [4.78, 5) is 12.7. The molecule has 0 saturated carbocycles. The summed E-state index contributed by atoms with van der Waals surface area (Å²) in [5.74, 6) is 0.298. The standard InChI is InChI=1S/C24H34N2O6S/c1-17(2)32-11-7-10-25-24(27)16-26(20-13-18(3)12-19(4)14-20)33(28,29)21-8-9-22(30-5)23(15-21)31-6/h8-9,12-15,17H,7,10-11,16H2,1-6H3,(H,25,27). The van der Waals surface area contributed by atoms with Gasteiger partial charge in [0.25, 0.3) is 10.0 Å². The van der Waals surface area contributed by atoms with E-state index in [0.717, 1.165) is 15.4 Å². The van der Waals surface area contributed by atoms with Crippen LogP contribution in [0.25, 0.3) is 0 Å². The first kappa shape index (κ1) is 26.5. The molecule has 2 aromatic rings. The number of ether oxygens (including phenoxy) is 3. The summed E-state index contributed by atoms with van der Waals surface area (Å²) in [7, 11) is -1.16. The zero-order valence-corrected chi connectivity index (χ0v) is 21.0. The van der Waals surface area contributed by atoms with Gasteiger partial charge in [-0.2, -0.15) is 0 Å². The molecule has 0 spiro atoms. The number of aryl methyl sites for hydroxylation is 2. The Bertz CT molecular complexity index is 1030. The van der Waals surface area contributed by atoms with Crippen LogP contribution in [0.3, 0.4) is 0 Å². The molecule has 0 saturated heterocycles. The van der Waals surface area contributed by atoms with Crippen LogP contribution in [-0.4, -0.2) is 54.3 Å². The van der Waals surface area contributed by atoms with E-state index in [2.05, 4.69) is 5.32 Å². The Labute approximate surface area is 196 Å². The highest BCUT2D eigenvalue weighted by molar-refractivity contribution is 7.92. The highest BCUT2D eigenvalue weighted by Gasteiger charge is 2.28. The van der Waals surface area contributed by atoms with Crippen LogP contribution in [0.15, 0.2) is 41.3 Å². The molecule has 0 aromatic heterocycles. The van der Waals surface area contributed by atoms with Crippen molar-refractivity contribution in [1.29, 1.82) is 0 Å². The summed E-state index contributed by atoms with van der Waals surface area (Å²) >= 11 is 0. The largest absolute Gasteiger partial charge is 0.493 e. The van der Waals surface area contributed by atoms with E-state index in [1.165, 1.54) is 32.4 Å². The Balaban J connectivity index is 2.34. The fourth-order valence-corrected chi connectivity index (χ4v) is 4.74. The number of amides is 1. The smallest absolute Gasteiger partial charge is 0.264 e. The normalized spacial score (nSPS) is 11.4. The molecule has 33 heavy (non-hydrogen) atoms. The number of methoxy groups -OCH3 is 2. The van der Waals surface area contributed by atoms with Crippen LogP contribution in [0.4, 0.5) is 5.69 Å². The lowest BCUT2D eigenvalue weighted by Crippen LogP contribution is -2.41. The summed E-state index contributed by atoms with van der Waals surface area (Å²) in [5, 5.41) is 2.78. The highest BCUT2D eigenvalue weighted by atomic mass is 32.2. The number of sulfonamides is 1. The molecular weight excluding hydrogens is 444 g/mol. The van der Waals surface area contributed by atoms with Crippen molar-refractivity contribution in [2.75, 3.05) is 38.2 Å². The predicted octanol–water partition coefficient (Wildman–Crippen LogP) is 3.45. The second-order valence-electron chi connectivity index (χ2n) is 8.00. The third-order valence-electron chi connectivity index (χ3n) is 4.82. The number of hydrogen-bond donors (Lipinski definition) is 1. The number of benzene rings is 2. The predicted molar refractivity (Wildman–Crippen MR) is 129 cm³/mol. The van der Waals surface area contributed by atoms with Crippen molar-refractivity contribution in [3.63, 3.8) is 0 Å². The van der Waals surface area contributed by atoms with Crippen LogP contribution in [0.2, 0.25) is 0 Å². The van der Waals surface area contributed by atoms with Crippen LogP contribution in [0.5, 0.6) is 11.5 Å². The monoisotopic (exact) mass is 478 g/mol. The minimum atomic E-state index is -4.07. The van der Waals surface area contributed by atoms with Gasteiger partial charge in [0.15, 0.2) is 11.5 Å². The molecule has 2 rings (SSSR count). The van der Waals surface area contributed by atoms with Gasteiger partial charge in [-0.25, -0.2) is 8.42 Å². The Kier molecular flexibility index (Phi) is 9.55. The third kappa shape index (κ3) is 7.36. The molecule has 8 nitrogen and oxygen atoms in total. The van der Waals surface area contributed by atoms with E-state index >= 15 is 0 Å². The molecule has 0 radical (unpaired) electrons. The number of hydrogen-bond acceptors (Lipinski definition) is 6. The van der Waals surface area contributed by atoms with Gasteiger partial charge in [0.1, 0.15) is 6.54 Å². The van der Waals surface area contributed by atoms with E-state index < -0.39 is 15.9 Å². The van der Waals surface area contributed by atoms with Crippen LogP contribution in [0, 0.1) is 13.8 Å². The van der Waals surface area contributed by atoms with Crippen molar-refractivity contribution in [3.05, 3.63) is 47.5 Å². The molecule has 0 heterocycles. The fraction of sp³-hybridized carbons (Fsp3) is 0.458. The molecule has 0 bridgehead atoms. The Morgan fingerprint density at radius 3 is 2.21 bits per heavy atom. The lowest BCUT2D eigenvalue weighted by atomic mass is 10.1. The van der Waals surface area contributed by atoms with Crippen LogP contribution < -0.4 is 19.1 Å². The molecule has 1 amide bonds. The number of carbonyl (C=O) groups excluding carboxylic acids is 1. The summed E-state index contributed by atoms with van der Waals surface area (Å²) < 4.78 is 44.4. The molecule has 9 heteroatoms. The summed E-state index contributed by atoms with van der Waals surface area (Å²) in [5.41, 5.74) is 2.20. The van der Waals surface area contributed by atoms with Gasteiger partial charge < -0.3 is 19.5 Å². The highest BCUT2D eigenvalue weighted by Crippen LogP contribution is 2.32. The van der Waals surface area contributed by atoms with E-state index in [1.807, 2.05) is 33.8 Å². The quantitative estimate of drug-likeness (QED) is 0.470. The molecule has 1 N–H and O–H groups in total. The number of anilines is 1. The van der Waals surface area contributed by atoms with Crippen LogP contribution in [0.1, 0.15) is 31.4 Å². The van der Waals surface area contributed by atoms with Crippen molar-refractivity contribution >= 4 is 21.6 Å². The molecule has 0 aliphatic heterocycles. The SMILES string of the molecule is COc1ccc(S(=O)(=O)N(CC(=O)NCCCOC(C)C)c2cc(C)cc(C)c2)cc1OC. The van der Waals surface area contributed by atoms with Gasteiger partial charge in [0.2, 0.25) is 5.91 Å². The van der Waals surface area contributed by atoms with E-state index in [0.29, 0.717) is 31.0 Å². The number of carbonyl (C=O) groups is 1. The van der Waals surface area contributed by atoms with Gasteiger partial charge in [0.05, 0.1) is 30.9 Å². The summed E-state index contributed by atoms with van der Waals surface area (Å²) in [6.07, 6.45) is 0.753. The fourth-order valence-electron chi connectivity index (χ4n) is 3.32. The Morgan fingerprint density at radius 1 is 1.00 bits per heavy atom. The lowest BCUT2D eigenvalue weighted by Gasteiger charge is -2.25. The topological polar surface area (TPSA) is 94.2 Å². The van der Waals surface area contributed by atoms with E-state index in [-0.39, 0.29) is 23.3 Å². The molecule has 182 valence electrons. The van der Waals surface area contributed by atoms with Crippen molar-refractivity contribution in [3.8, 4) is 11.5 Å². The first-order valence-corrected chi connectivity index (χ1v) is 12.2. The van der Waals surface area contributed by atoms with Crippen LogP contribution in [-0.2, 0) is 19.6 Å². The molecule has 2 aromatic carbocycles. The average molecular weight is 479 g/mol. The zero-order valence-electron chi connectivity index (χ0n) is 20.2. The molecular formula is C24H34N2O6S. The van der Waals surface area contributed by atoms with Gasteiger partial charge in [0, 0.05) is 19.2 Å². The maximum Gasteiger partial charge on any atom is 0.264 e. The minimum absolute atomic E-state index is 0.00237. The van der Waals surface area contributed by atoms with Gasteiger partial charge in [-0.1, -0.05) is 6.07 Å². The first-order chi connectivity index (χ1) is 15.6. The average Bonchev–Trinajstić information content (AvgIpc) is 2.75. The maximum atomic E-state index is 13.6. The molecule has 0 atom stereocenters. The molecule has 0 aliphatic carbocycles. The van der Waals surface area contributed by atoms with E-state index in [4.69, 9.17) is 14.2 Å². The second kappa shape index (κ2) is 11.9.